The number of nitrogens with one attached hydrogen (secondary N) is 2. The minimum atomic E-state index is -0.924. The van der Waals surface area contributed by atoms with Gasteiger partial charge in [-0.15, -0.1) is 0 Å². The predicted molar refractivity (Wildman–Crippen MR) is 402 cm³/mol. The van der Waals surface area contributed by atoms with Crippen LogP contribution in [0.2, 0.25) is 0 Å². The molecule has 2 fully saturated rings. The minimum absolute atomic E-state index is 0.0209. The molecule has 0 radical (unpaired) electrons. The summed E-state index contributed by atoms with van der Waals surface area (Å²) in [5.41, 5.74) is 2.74. The molecule has 0 bridgehead atoms. The second-order valence-electron chi connectivity index (χ2n) is 28.4. The molecule has 10 aromatic rings. The molecule has 0 spiro atoms. The Kier molecular flexibility index (Phi) is 22.8. The summed E-state index contributed by atoms with van der Waals surface area (Å²) in [6.45, 7) is 18.1. The van der Waals surface area contributed by atoms with E-state index in [2.05, 4.69) is 37.3 Å². The molecule has 0 unspecified atom stereocenters. The van der Waals surface area contributed by atoms with Gasteiger partial charge >= 0.3 is 11.4 Å². The molecule has 30 heteroatoms. The van der Waals surface area contributed by atoms with Crippen LogP contribution in [0.5, 0.6) is 57.5 Å². The number of hydrogen-bond acceptors (Lipinski definition) is 20. The maximum atomic E-state index is 15.6. The van der Waals surface area contributed by atoms with E-state index in [1.165, 1.54) is 70.1 Å². The maximum Gasteiger partial charge on any atom is 0.335 e. The molecule has 0 aliphatic carbocycles. The van der Waals surface area contributed by atoms with Gasteiger partial charge < -0.3 is 69.2 Å². The Labute approximate surface area is 628 Å². The number of pyridine rings is 2. The lowest BCUT2D eigenvalue weighted by Crippen LogP contribution is -2.48. The highest BCUT2D eigenvalue weighted by atomic mass is 19.1. The van der Waals surface area contributed by atoms with Crippen molar-refractivity contribution in [1.82, 2.24) is 38.0 Å². The number of carbonyl (C=O) groups is 2. The molecule has 0 saturated carbocycles. The van der Waals surface area contributed by atoms with Crippen molar-refractivity contribution in [3.05, 3.63) is 210 Å². The highest BCUT2D eigenvalue weighted by Crippen LogP contribution is 2.50. The van der Waals surface area contributed by atoms with Crippen molar-refractivity contribution in [2.24, 2.45) is 5.73 Å². The molecule has 8 heterocycles. The van der Waals surface area contributed by atoms with Crippen molar-refractivity contribution in [3.8, 4) is 68.9 Å². The average Bonchev–Trinajstić information content (AvgIpc) is 0.767. The first-order chi connectivity index (χ1) is 52.8. The normalized spacial score (nSPS) is 15.3. The van der Waals surface area contributed by atoms with Crippen LogP contribution in [-0.2, 0) is 0 Å². The fraction of sp³-hybridized carbons (Fsp3) is 0.350. The number of likely N-dealkylation sites (tertiary alicyclic amines) is 2. The van der Waals surface area contributed by atoms with Crippen LogP contribution in [0.4, 0.5) is 28.9 Å². The summed E-state index contributed by atoms with van der Waals surface area (Å²) in [5, 5.41) is 16.2. The van der Waals surface area contributed by atoms with Crippen molar-refractivity contribution in [1.29, 1.82) is 0 Å². The Morgan fingerprint density at radius 3 is 1.28 bits per heavy atom. The van der Waals surface area contributed by atoms with Crippen LogP contribution in [0.25, 0.3) is 33.2 Å². The number of rotatable bonds is 22. The van der Waals surface area contributed by atoms with E-state index in [0.29, 0.717) is 82.7 Å². The lowest BCUT2D eigenvalue weighted by molar-refractivity contribution is -0.00607. The van der Waals surface area contributed by atoms with E-state index < -0.39 is 75.3 Å². The van der Waals surface area contributed by atoms with E-state index in [4.69, 9.17) is 43.6 Å². The maximum absolute atomic E-state index is 15.6. The quantitative estimate of drug-likeness (QED) is 0.0362. The number of aliphatic hydroxyl groups is 1. The molecular weight excluding hydrogens is 1430 g/mol. The van der Waals surface area contributed by atoms with E-state index in [0.717, 1.165) is 136 Å². The lowest BCUT2D eigenvalue weighted by atomic mass is 9.91. The minimum Gasteiger partial charge on any atom is -0.489 e. The van der Waals surface area contributed by atoms with Gasteiger partial charge in [-0.1, -0.05) is 0 Å². The number of nitrogens with zero attached hydrogens (tertiary/aromatic N) is 8. The fourth-order valence-electron chi connectivity index (χ4n) is 13.2. The summed E-state index contributed by atoms with van der Waals surface area (Å²) in [7, 11) is 0. The predicted octanol–water partition coefficient (Wildman–Crippen LogP) is 11.6. The van der Waals surface area contributed by atoms with Crippen LogP contribution >= 0.6 is 0 Å². The van der Waals surface area contributed by atoms with E-state index in [9.17, 15) is 42.7 Å². The van der Waals surface area contributed by atoms with Gasteiger partial charge in [0.1, 0.15) is 60.7 Å². The van der Waals surface area contributed by atoms with Crippen LogP contribution in [0.1, 0.15) is 113 Å². The van der Waals surface area contributed by atoms with Crippen LogP contribution in [-0.4, -0.2) is 145 Å². The molecule has 5 N–H and O–H groups in total. The molecular formula is C80H83F4N11O15. The number of benzene rings is 6. The number of carbonyl (C=O) groups excluding carboxylic acids is 2. The van der Waals surface area contributed by atoms with Gasteiger partial charge in [0.2, 0.25) is 11.5 Å². The van der Waals surface area contributed by atoms with Crippen molar-refractivity contribution in [2.75, 3.05) is 89.5 Å². The Hall–Kier alpha value is -11.6. The van der Waals surface area contributed by atoms with E-state index in [1.54, 1.807) is 52.0 Å². The fourth-order valence-corrected chi connectivity index (χ4v) is 13.2. The first kappa shape index (κ1) is 76.6. The summed E-state index contributed by atoms with van der Waals surface area (Å²) in [6, 6.07) is 22.8. The Morgan fingerprint density at radius 2 is 0.900 bits per heavy atom. The summed E-state index contributed by atoms with van der Waals surface area (Å²) >= 11 is 0. The summed E-state index contributed by atoms with van der Waals surface area (Å²) in [5.74, 6) is -1.84. The van der Waals surface area contributed by atoms with Gasteiger partial charge in [-0.25, -0.2) is 36.3 Å². The molecule has 0 atom stereocenters. The van der Waals surface area contributed by atoms with Gasteiger partial charge in [0.15, 0.2) is 46.1 Å². The van der Waals surface area contributed by atoms with Crippen LogP contribution in [0.15, 0.2) is 153 Å². The third-order valence-corrected chi connectivity index (χ3v) is 19.4. The number of amides is 2. The van der Waals surface area contributed by atoms with E-state index >= 15 is 8.78 Å². The van der Waals surface area contributed by atoms with Crippen molar-refractivity contribution < 1.29 is 70.2 Å². The first-order valence-electron chi connectivity index (χ1n) is 36.3. The Bertz CT molecular complexity index is 5030. The van der Waals surface area contributed by atoms with Gasteiger partial charge in [0.05, 0.1) is 52.0 Å². The molecule has 4 aromatic heterocycles. The molecule has 26 nitrogen and oxygen atoms in total. The molecule has 6 aromatic carbocycles. The van der Waals surface area contributed by atoms with Gasteiger partial charge in [-0.05, 0) is 178 Å². The SMILES string of the molecule is CC(C)n1cc(C(=O)Nc2ccc(Oc3ccnc4cc(OCCCN5CCC(C)(N)CC5)c5c(c34)OCCO5)c(F)c2)c(=O)n(-c2ccc(F)cc2)c1=O.CC(C)n1cc(C(=O)Nc2ccc(Oc3ccnc4cc(OCCCN5CCC(C)(O)CC5)c5c(c34)OCCO5)c(F)c2)c(=O)n(-c2ccc(F)cc2)c1=O. The van der Waals surface area contributed by atoms with Crippen molar-refractivity contribution in [2.45, 2.75) is 103 Å². The summed E-state index contributed by atoms with van der Waals surface area (Å²) < 4.78 is 111. The third-order valence-electron chi connectivity index (χ3n) is 19.4. The molecule has 2 saturated heterocycles. The van der Waals surface area contributed by atoms with E-state index in [1.807, 2.05) is 6.92 Å². The molecule has 110 heavy (non-hydrogen) atoms. The van der Waals surface area contributed by atoms with Crippen LogP contribution < -0.4 is 76.8 Å². The van der Waals surface area contributed by atoms with Crippen molar-refractivity contribution in [3.63, 3.8) is 0 Å². The highest BCUT2D eigenvalue weighted by Gasteiger charge is 2.32. The van der Waals surface area contributed by atoms with Gasteiger partial charge in [-0.3, -0.25) is 38.3 Å². The first-order valence-corrected chi connectivity index (χ1v) is 36.3. The highest BCUT2D eigenvalue weighted by molar-refractivity contribution is 6.05. The number of aromatic nitrogens is 6. The second-order valence-corrected chi connectivity index (χ2v) is 28.4. The zero-order valence-electron chi connectivity index (χ0n) is 61.4. The lowest BCUT2D eigenvalue weighted by Gasteiger charge is -2.36. The summed E-state index contributed by atoms with van der Waals surface area (Å²) in [6.07, 6.45) is 10.3. The Balaban J connectivity index is 0.000000193. The second kappa shape index (κ2) is 32.7. The monoisotopic (exact) mass is 1510 g/mol. The molecule has 14 rings (SSSR count). The molecule has 4 aliphatic heterocycles. The summed E-state index contributed by atoms with van der Waals surface area (Å²) in [4.78, 5) is 93.8. The average molecular weight is 1510 g/mol. The van der Waals surface area contributed by atoms with Gasteiger partial charge in [0, 0.05) is 104 Å². The van der Waals surface area contributed by atoms with Gasteiger partial charge in [0.25, 0.3) is 22.9 Å². The van der Waals surface area contributed by atoms with E-state index in [-0.39, 0.29) is 75.6 Å². The molecule has 576 valence electrons. The zero-order chi connectivity index (χ0) is 77.7. The number of ether oxygens (including phenoxy) is 8. The molecule has 4 aliphatic rings. The zero-order valence-corrected chi connectivity index (χ0v) is 61.4. The van der Waals surface area contributed by atoms with Crippen molar-refractivity contribution >= 4 is 45.0 Å². The topological polar surface area (TPSA) is 299 Å². The largest absolute Gasteiger partial charge is 0.489 e. The number of fused-ring (bicyclic) bond motifs is 6. The number of anilines is 2. The number of nitrogens with two attached hydrogens (primary N) is 1. The van der Waals surface area contributed by atoms with Gasteiger partial charge in [-0.2, -0.15) is 0 Å². The van der Waals surface area contributed by atoms with Crippen LogP contribution in [0.3, 0.4) is 0 Å². The Morgan fingerprint density at radius 1 is 0.518 bits per heavy atom. The van der Waals surface area contributed by atoms with Crippen LogP contribution in [0, 0.1) is 23.3 Å². The smallest absolute Gasteiger partial charge is 0.335 e. The standard InChI is InChI=1S/C40H42F2N6O7.C40H41F2N5O8/c1-24(2)47-23-28(38(50)48(39(47)51)27-8-5-25(41)6-9-27)37(49)45-26-7-10-31(29(42)21-26)55-32-11-14-44-30-22-33(35-36(34(30)32)54-20-19-53-35)52-18-4-15-46-16-12-40(3,43)13-17-46;1-24(2)46-23-28(38(49)47(39(46)50)27-8-5-25(41)6-9-27)37(48)44-26-7-10-31(29(42)21-26)55-32-11-14-43-30-22-33(35-36(34(30)32)54-20-19-53-35)52-18-4-15-45-16-12-40(3,51)13-17-45/h5-11,14,21-24H,4,12-13,15-20,43H2,1-3H3,(H,45,49);5-11,14,21-24,51H,4,12-13,15-20H2,1-3H3,(H,44,48). The number of halogens is 4. The number of piperidine rings is 2. The number of hydrogen-bond donors (Lipinski definition) is 4. The molecule has 2 amide bonds. The third kappa shape index (κ3) is 17.1.